The molecule has 0 spiro atoms. The molecule has 322 valence electrons. The van der Waals surface area contributed by atoms with Gasteiger partial charge in [-0.3, -0.25) is 0 Å². The van der Waals surface area contributed by atoms with E-state index in [2.05, 4.69) is 249 Å². The molecule has 2 aliphatic carbocycles. The van der Waals surface area contributed by atoms with E-state index in [1.807, 2.05) is 0 Å². The highest BCUT2D eigenvalue weighted by molar-refractivity contribution is 6.94. The normalized spacial score (nSPS) is 17.7. The van der Waals surface area contributed by atoms with Gasteiger partial charge in [-0.15, -0.1) is 0 Å². The Labute approximate surface area is 403 Å². The van der Waals surface area contributed by atoms with E-state index in [0.717, 1.165) is 0 Å². The summed E-state index contributed by atoms with van der Waals surface area (Å²) in [6, 6.07) is 83.7. The summed E-state index contributed by atoms with van der Waals surface area (Å²) < 4.78 is 0. The fraction of sp³-hybridized carbons (Fsp3) is 0.0909. The van der Waals surface area contributed by atoms with Crippen LogP contribution >= 0.6 is 0 Å². The van der Waals surface area contributed by atoms with Gasteiger partial charge in [0.25, 0.3) is 0 Å². The van der Waals surface area contributed by atoms with E-state index in [9.17, 15) is 0 Å². The Bertz CT molecular complexity index is 3870. The van der Waals surface area contributed by atoms with Crippen LogP contribution in [0.4, 0.5) is 28.4 Å². The molecule has 0 fully saturated rings. The molecular weight excluding hydrogens is 832 g/mol. The van der Waals surface area contributed by atoms with Crippen molar-refractivity contribution < 1.29 is 0 Å². The Hall–Kier alpha value is -8.14. The van der Waals surface area contributed by atoms with Crippen LogP contribution in [0.2, 0.25) is 0 Å². The fourth-order valence-electron chi connectivity index (χ4n) is 14.8. The number of para-hydroxylation sites is 2. The number of hydrogen-bond donors (Lipinski definition) is 0. The van der Waals surface area contributed by atoms with Crippen molar-refractivity contribution in [3.63, 3.8) is 0 Å². The quantitative estimate of drug-likeness (QED) is 0.163. The monoisotopic (exact) mass is 876 g/mol. The predicted octanol–water partition coefficient (Wildman–Crippen LogP) is 14.7. The largest absolute Gasteiger partial charge is 0.376 e. The molecule has 0 radical (unpaired) electrons. The number of rotatable bonds is 4. The number of hydrogen-bond acceptors (Lipinski definition) is 2. The maximum absolute atomic E-state index is 2.80. The standard InChI is InChI=1S/C66H45BN2/c1-64(2)50-29-15-13-26-44(50)47-28-17-35-56(58(47)64)69-57-38-41(40-20-7-4-8-21-40)36-37-46(57)49-39-48-45-27-14-16-30-51(45)65(3)52-31-18-32-53-61(52)68-62-54(33-19-34-55(62)67(69)60(49)63(68)59(48)65)66(53,42-22-9-5-10-23-42)43-24-11-6-12-25-43/h4-39H,1-3H3. The van der Waals surface area contributed by atoms with Crippen LogP contribution in [0.3, 0.4) is 0 Å². The SMILES string of the molecule is CC1(C)c2ccccc2-c2cccc(N3B4c5cccc6c5N5c7c(cccc7C6(c6ccccc6)c6ccccc6)C6(C)c7ccccc7-c7cc(c4c5c76)-c4ccc(-c5ccccc5)cc43)c21. The lowest BCUT2D eigenvalue weighted by molar-refractivity contribution is 0.661. The Morgan fingerprint density at radius 2 is 0.942 bits per heavy atom. The molecule has 3 heteroatoms. The van der Waals surface area contributed by atoms with Gasteiger partial charge in [0.2, 0.25) is 0 Å². The summed E-state index contributed by atoms with van der Waals surface area (Å²) in [7, 11) is 0. The van der Waals surface area contributed by atoms with Crippen LogP contribution in [0, 0.1) is 0 Å². The summed E-state index contributed by atoms with van der Waals surface area (Å²) in [6.07, 6.45) is 0. The molecule has 0 aromatic heterocycles. The molecule has 10 aromatic carbocycles. The van der Waals surface area contributed by atoms with Crippen molar-refractivity contribution in [3.05, 3.63) is 268 Å². The molecule has 0 saturated heterocycles. The Balaban J connectivity index is 1.11. The van der Waals surface area contributed by atoms with Crippen molar-refractivity contribution in [2.75, 3.05) is 9.71 Å². The zero-order valence-corrected chi connectivity index (χ0v) is 38.8. The second-order valence-electron chi connectivity index (χ2n) is 20.8. The first-order chi connectivity index (χ1) is 33.9. The van der Waals surface area contributed by atoms with Gasteiger partial charge in [0.05, 0.1) is 11.1 Å². The summed E-state index contributed by atoms with van der Waals surface area (Å²) in [5, 5.41) is 0. The minimum atomic E-state index is -0.616. The van der Waals surface area contributed by atoms with Gasteiger partial charge >= 0.3 is 6.85 Å². The average Bonchev–Trinajstić information content (AvgIpc) is 3.81. The molecule has 1 atom stereocenters. The minimum Gasteiger partial charge on any atom is -0.376 e. The van der Waals surface area contributed by atoms with Crippen molar-refractivity contribution >= 4 is 46.2 Å². The van der Waals surface area contributed by atoms with E-state index >= 15 is 0 Å². The van der Waals surface area contributed by atoms with Crippen LogP contribution in [-0.2, 0) is 16.2 Å². The van der Waals surface area contributed by atoms with Gasteiger partial charge in [-0.05, 0) is 125 Å². The third-order valence-electron chi connectivity index (χ3n) is 17.4. The number of benzene rings is 10. The summed E-state index contributed by atoms with van der Waals surface area (Å²) in [6.45, 7) is 7.27. The lowest BCUT2D eigenvalue weighted by Gasteiger charge is -2.56. The minimum absolute atomic E-state index is 0.153. The van der Waals surface area contributed by atoms with E-state index in [-0.39, 0.29) is 12.3 Å². The highest BCUT2D eigenvalue weighted by atomic mass is 15.2. The van der Waals surface area contributed by atoms with Crippen LogP contribution in [0.1, 0.15) is 70.8 Å². The first-order valence-electron chi connectivity index (χ1n) is 24.6. The number of anilines is 5. The van der Waals surface area contributed by atoms with Gasteiger partial charge in [-0.2, -0.15) is 0 Å². The number of nitrogens with zero attached hydrogens (tertiary/aromatic N) is 2. The van der Waals surface area contributed by atoms with E-state index in [0.29, 0.717) is 0 Å². The van der Waals surface area contributed by atoms with Crippen LogP contribution in [0.15, 0.2) is 218 Å². The van der Waals surface area contributed by atoms with E-state index in [4.69, 9.17) is 0 Å². The lowest BCUT2D eigenvalue weighted by atomic mass is 9.41. The Morgan fingerprint density at radius 1 is 0.362 bits per heavy atom. The van der Waals surface area contributed by atoms with E-state index < -0.39 is 10.8 Å². The maximum Gasteiger partial charge on any atom is 0.333 e. The zero-order valence-electron chi connectivity index (χ0n) is 38.8. The van der Waals surface area contributed by atoms with Crippen LogP contribution in [0.5, 0.6) is 0 Å². The van der Waals surface area contributed by atoms with Gasteiger partial charge in [0.1, 0.15) is 0 Å². The second kappa shape index (κ2) is 12.9. The van der Waals surface area contributed by atoms with Crippen molar-refractivity contribution in [1.29, 1.82) is 0 Å². The molecule has 4 heterocycles. The van der Waals surface area contributed by atoms with Gasteiger partial charge in [-0.25, -0.2) is 0 Å². The molecule has 0 saturated carbocycles. The van der Waals surface area contributed by atoms with Gasteiger partial charge < -0.3 is 9.71 Å². The van der Waals surface area contributed by atoms with E-state index in [1.165, 1.54) is 134 Å². The molecule has 0 N–H and O–H groups in total. The predicted molar refractivity (Wildman–Crippen MR) is 286 cm³/mol. The lowest BCUT2D eigenvalue weighted by Crippen LogP contribution is -2.64. The molecule has 4 aliphatic heterocycles. The Kier molecular flexibility index (Phi) is 7.08. The molecule has 2 nitrogen and oxygen atoms in total. The van der Waals surface area contributed by atoms with Crippen molar-refractivity contribution in [2.24, 2.45) is 0 Å². The molecular formula is C66H45BN2. The molecule has 10 aromatic rings. The first-order valence-corrected chi connectivity index (χ1v) is 24.6. The molecule has 16 rings (SSSR count). The maximum atomic E-state index is 2.80. The first kappa shape index (κ1) is 37.9. The molecule has 0 amide bonds. The van der Waals surface area contributed by atoms with Crippen LogP contribution in [-0.4, -0.2) is 6.85 Å². The Morgan fingerprint density at radius 3 is 1.68 bits per heavy atom. The zero-order chi connectivity index (χ0) is 45.5. The van der Waals surface area contributed by atoms with Gasteiger partial charge in [0.15, 0.2) is 0 Å². The van der Waals surface area contributed by atoms with Crippen molar-refractivity contribution in [3.8, 4) is 44.5 Å². The molecule has 1 unspecified atom stereocenters. The summed E-state index contributed by atoms with van der Waals surface area (Å²) in [5.74, 6) is 0. The topological polar surface area (TPSA) is 6.48 Å². The third kappa shape index (κ3) is 4.34. The van der Waals surface area contributed by atoms with Crippen molar-refractivity contribution in [2.45, 2.75) is 37.0 Å². The highest BCUT2D eigenvalue weighted by Crippen LogP contribution is 2.69. The van der Waals surface area contributed by atoms with Crippen molar-refractivity contribution in [1.82, 2.24) is 0 Å². The summed E-state index contributed by atoms with van der Waals surface area (Å²) >= 11 is 0. The highest BCUT2D eigenvalue weighted by Gasteiger charge is 2.60. The third-order valence-corrected chi connectivity index (χ3v) is 17.4. The molecule has 0 bridgehead atoms. The smallest absolute Gasteiger partial charge is 0.333 e. The van der Waals surface area contributed by atoms with Crippen LogP contribution in [0.25, 0.3) is 44.5 Å². The van der Waals surface area contributed by atoms with Gasteiger partial charge in [0, 0.05) is 39.1 Å². The summed E-state index contributed by atoms with van der Waals surface area (Å²) in [5.41, 5.74) is 30.5. The van der Waals surface area contributed by atoms with E-state index in [1.54, 1.807) is 0 Å². The molecule has 69 heavy (non-hydrogen) atoms. The summed E-state index contributed by atoms with van der Waals surface area (Å²) in [4.78, 5) is 5.58. The average molecular weight is 877 g/mol. The van der Waals surface area contributed by atoms with Crippen LogP contribution < -0.4 is 20.6 Å². The van der Waals surface area contributed by atoms with Gasteiger partial charge in [-0.1, -0.05) is 214 Å². The fourth-order valence-corrected chi connectivity index (χ4v) is 14.8. The number of fused-ring (bicyclic) bond motifs is 10. The molecule has 6 aliphatic rings. The second-order valence-corrected chi connectivity index (χ2v) is 20.8.